The van der Waals surface area contributed by atoms with Gasteiger partial charge in [0.25, 0.3) is 5.56 Å². The van der Waals surface area contributed by atoms with Gasteiger partial charge in [-0.1, -0.05) is 33.4 Å². The first-order valence-corrected chi connectivity index (χ1v) is 6.76. The summed E-state index contributed by atoms with van der Waals surface area (Å²) >= 11 is 0. The van der Waals surface area contributed by atoms with Gasteiger partial charge in [0.2, 0.25) is 0 Å². The van der Waals surface area contributed by atoms with Crippen molar-refractivity contribution in [1.82, 2.24) is 9.55 Å². The summed E-state index contributed by atoms with van der Waals surface area (Å²) in [4.78, 5) is 16.0. The molecule has 2 aromatic rings. The predicted molar refractivity (Wildman–Crippen MR) is 85.2 cm³/mol. The normalized spacial score (nSPS) is 11.2. The number of methoxy groups -OCH3 is 1. The van der Waals surface area contributed by atoms with E-state index in [9.17, 15) is 4.79 Å². The highest BCUT2D eigenvalue weighted by Crippen LogP contribution is 2.36. The maximum Gasteiger partial charge on any atom is 0.257 e. The molecule has 0 aliphatic carbocycles. The van der Waals surface area contributed by atoms with E-state index in [1.165, 1.54) is 23.2 Å². The summed E-state index contributed by atoms with van der Waals surface area (Å²) in [6.45, 7) is 10.2. The number of hydrogen-bond acceptors (Lipinski definition) is 3. The van der Waals surface area contributed by atoms with Crippen LogP contribution in [0.15, 0.2) is 42.1 Å². The topological polar surface area (TPSA) is 44.1 Å². The number of nitrogens with zero attached hydrogens (tertiary/aromatic N) is 2. The molecule has 0 bridgehead atoms. The van der Waals surface area contributed by atoms with Crippen molar-refractivity contribution in [2.45, 2.75) is 26.2 Å². The Balaban J connectivity index is 2.79. The molecular weight excluding hydrogens is 264 g/mol. The van der Waals surface area contributed by atoms with Gasteiger partial charge in [0, 0.05) is 23.4 Å². The Morgan fingerprint density at radius 1 is 1.33 bits per heavy atom. The van der Waals surface area contributed by atoms with Crippen LogP contribution in [0.4, 0.5) is 0 Å². The monoisotopic (exact) mass is 284 g/mol. The van der Waals surface area contributed by atoms with Crippen molar-refractivity contribution < 1.29 is 4.74 Å². The number of benzene rings is 1. The second-order valence-corrected chi connectivity index (χ2v) is 5.86. The van der Waals surface area contributed by atoms with Crippen LogP contribution in [0.1, 0.15) is 31.9 Å². The smallest absolute Gasteiger partial charge is 0.257 e. The molecule has 21 heavy (non-hydrogen) atoms. The molecule has 4 nitrogen and oxygen atoms in total. The van der Waals surface area contributed by atoms with Gasteiger partial charge in [-0.05, 0) is 17.5 Å². The van der Waals surface area contributed by atoms with Crippen LogP contribution in [0.5, 0.6) is 5.75 Å². The van der Waals surface area contributed by atoms with E-state index in [0.29, 0.717) is 0 Å². The standard InChI is InChI=1S/C17H20N2O2/c1-6-12-9-13(19-11-18-8-7-15(19)20)10-14(16(12)21-5)17(2,3)4/h6-11H,1H2,2-5H3. The first-order chi connectivity index (χ1) is 9.88. The molecule has 0 saturated carbocycles. The van der Waals surface area contributed by atoms with Gasteiger partial charge in [0.1, 0.15) is 12.1 Å². The van der Waals surface area contributed by atoms with E-state index in [-0.39, 0.29) is 11.0 Å². The van der Waals surface area contributed by atoms with E-state index in [4.69, 9.17) is 4.74 Å². The van der Waals surface area contributed by atoms with Crippen LogP contribution in [0.3, 0.4) is 0 Å². The molecular formula is C17H20N2O2. The van der Waals surface area contributed by atoms with Crippen molar-refractivity contribution >= 4 is 6.08 Å². The number of rotatable bonds is 3. The molecule has 4 heteroatoms. The van der Waals surface area contributed by atoms with Crippen molar-refractivity contribution in [3.8, 4) is 11.4 Å². The summed E-state index contributed by atoms with van der Waals surface area (Å²) in [7, 11) is 1.65. The quantitative estimate of drug-likeness (QED) is 0.869. The minimum absolute atomic E-state index is 0.120. The molecule has 1 aromatic heterocycles. The third kappa shape index (κ3) is 2.89. The van der Waals surface area contributed by atoms with Crippen LogP contribution in [0.2, 0.25) is 0 Å². The molecule has 0 fully saturated rings. The van der Waals surface area contributed by atoms with E-state index in [2.05, 4.69) is 32.3 Å². The van der Waals surface area contributed by atoms with Crippen molar-refractivity contribution in [1.29, 1.82) is 0 Å². The van der Waals surface area contributed by atoms with Crippen molar-refractivity contribution in [3.63, 3.8) is 0 Å². The van der Waals surface area contributed by atoms with Crippen LogP contribution in [0, 0.1) is 0 Å². The van der Waals surface area contributed by atoms with Crippen molar-refractivity contribution in [3.05, 3.63) is 58.8 Å². The summed E-state index contributed by atoms with van der Waals surface area (Å²) < 4.78 is 7.06. The van der Waals surface area contributed by atoms with Crippen LogP contribution >= 0.6 is 0 Å². The largest absolute Gasteiger partial charge is 0.496 e. The molecule has 2 rings (SSSR count). The Morgan fingerprint density at radius 2 is 2.05 bits per heavy atom. The zero-order chi connectivity index (χ0) is 15.6. The van der Waals surface area contributed by atoms with Gasteiger partial charge in [-0.2, -0.15) is 0 Å². The van der Waals surface area contributed by atoms with Gasteiger partial charge in [-0.15, -0.1) is 0 Å². The van der Waals surface area contributed by atoms with E-state index in [1.807, 2.05) is 12.1 Å². The molecule has 110 valence electrons. The lowest BCUT2D eigenvalue weighted by atomic mass is 9.84. The third-order valence-electron chi connectivity index (χ3n) is 3.34. The van der Waals surface area contributed by atoms with E-state index >= 15 is 0 Å². The minimum atomic E-state index is -0.120. The maximum absolute atomic E-state index is 12.0. The Labute approximate surface area is 124 Å². The van der Waals surface area contributed by atoms with Gasteiger partial charge >= 0.3 is 0 Å². The summed E-state index contributed by atoms with van der Waals surface area (Å²) in [5, 5.41) is 0. The third-order valence-corrected chi connectivity index (χ3v) is 3.34. The fourth-order valence-electron chi connectivity index (χ4n) is 2.25. The van der Waals surface area contributed by atoms with Crippen molar-refractivity contribution in [2.24, 2.45) is 0 Å². The van der Waals surface area contributed by atoms with Crippen LogP contribution in [0.25, 0.3) is 11.8 Å². The fourth-order valence-corrected chi connectivity index (χ4v) is 2.25. The van der Waals surface area contributed by atoms with E-state index in [1.54, 1.807) is 13.2 Å². The van der Waals surface area contributed by atoms with Gasteiger partial charge in [0.05, 0.1) is 12.8 Å². The Hall–Kier alpha value is -2.36. The number of aromatic nitrogens is 2. The fraction of sp³-hybridized carbons (Fsp3) is 0.294. The lowest BCUT2D eigenvalue weighted by Gasteiger charge is -2.24. The lowest BCUT2D eigenvalue weighted by Crippen LogP contribution is -2.19. The van der Waals surface area contributed by atoms with Gasteiger partial charge in [0.15, 0.2) is 0 Å². The van der Waals surface area contributed by atoms with Crippen molar-refractivity contribution in [2.75, 3.05) is 7.11 Å². The van der Waals surface area contributed by atoms with E-state index < -0.39 is 0 Å². The maximum atomic E-state index is 12.0. The number of ether oxygens (including phenoxy) is 1. The molecule has 0 amide bonds. The average Bonchev–Trinajstić information content (AvgIpc) is 2.45. The zero-order valence-corrected chi connectivity index (χ0v) is 12.9. The Kier molecular flexibility index (Phi) is 3.98. The molecule has 0 aliphatic rings. The van der Waals surface area contributed by atoms with Gasteiger partial charge < -0.3 is 4.74 Å². The highest BCUT2D eigenvalue weighted by molar-refractivity contribution is 5.64. The van der Waals surface area contributed by atoms with Crippen LogP contribution in [-0.2, 0) is 5.41 Å². The predicted octanol–water partition coefficient (Wildman–Crippen LogP) is 3.18. The molecule has 0 spiro atoms. The molecule has 0 saturated heterocycles. The molecule has 1 aromatic carbocycles. The summed E-state index contributed by atoms with van der Waals surface area (Å²) in [6, 6.07) is 5.29. The number of hydrogen-bond donors (Lipinski definition) is 0. The first-order valence-electron chi connectivity index (χ1n) is 6.76. The van der Waals surface area contributed by atoms with E-state index in [0.717, 1.165) is 22.6 Å². The summed E-state index contributed by atoms with van der Waals surface area (Å²) in [5.41, 5.74) is 2.40. The highest BCUT2D eigenvalue weighted by Gasteiger charge is 2.22. The highest BCUT2D eigenvalue weighted by atomic mass is 16.5. The van der Waals surface area contributed by atoms with Crippen LogP contribution < -0.4 is 10.3 Å². The SMILES string of the molecule is C=Cc1cc(-n2cnccc2=O)cc(C(C)(C)C)c1OC. The van der Waals surface area contributed by atoms with Crippen LogP contribution in [-0.4, -0.2) is 16.7 Å². The van der Waals surface area contributed by atoms with Gasteiger partial charge in [-0.25, -0.2) is 4.98 Å². The summed E-state index contributed by atoms with van der Waals surface area (Å²) in [6.07, 6.45) is 4.74. The molecule has 0 radical (unpaired) electrons. The molecule has 0 N–H and O–H groups in total. The minimum Gasteiger partial charge on any atom is -0.496 e. The Bertz CT molecular complexity index is 724. The average molecular weight is 284 g/mol. The zero-order valence-electron chi connectivity index (χ0n) is 12.9. The summed E-state index contributed by atoms with van der Waals surface area (Å²) in [5.74, 6) is 0.790. The second-order valence-electron chi connectivity index (χ2n) is 5.86. The molecule has 0 unspecified atom stereocenters. The molecule has 1 heterocycles. The van der Waals surface area contributed by atoms with Gasteiger partial charge in [-0.3, -0.25) is 9.36 Å². The Morgan fingerprint density at radius 3 is 2.57 bits per heavy atom. The lowest BCUT2D eigenvalue weighted by molar-refractivity contribution is 0.396. The first kappa shape index (κ1) is 15.0. The molecule has 0 atom stereocenters. The second kappa shape index (κ2) is 5.56. The molecule has 0 aliphatic heterocycles.